The molecule has 1 aromatic heterocycles. The van der Waals surface area contributed by atoms with Gasteiger partial charge in [0.05, 0.1) is 5.52 Å². The molecule has 0 atom stereocenters. The van der Waals surface area contributed by atoms with Crippen molar-refractivity contribution in [1.29, 1.82) is 5.41 Å². The van der Waals surface area contributed by atoms with Crippen molar-refractivity contribution in [2.24, 2.45) is 5.73 Å². The maximum absolute atomic E-state index is 7.73. The standard InChI is InChI=1S/C15H19N3/c1-8(2)13-7-12(15(16)17)11-6-5-9(3)10(4)14(11)18-13/h5-8H,1-4H3,(H3,16,17). The molecule has 3 heteroatoms. The molecule has 2 rings (SSSR count). The third-order valence-electron chi connectivity index (χ3n) is 3.41. The van der Waals surface area contributed by atoms with Crippen LogP contribution in [-0.2, 0) is 0 Å². The Bertz CT molecular complexity index is 627. The summed E-state index contributed by atoms with van der Waals surface area (Å²) >= 11 is 0. The highest BCUT2D eigenvalue weighted by Crippen LogP contribution is 2.26. The molecule has 1 heterocycles. The summed E-state index contributed by atoms with van der Waals surface area (Å²) < 4.78 is 0. The van der Waals surface area contributed by atoms with Crippen LogP contribution < -0.4 is 5.73 Å². The van der Waals surface area contributed by atoms with E-state index in [1.165, 1.54) is 5.56 Å². The molecule has 1 aromatic carbocycles. The Balaban J connectivity index is 2.90. The van der Waals surface area contributed by atoms with Crippen LogP contribution in [0.4, 0.5) is 0 Å². The zero-order chi connectivity index (χ0) is 13.4. The van der Waals surface area contributed by atoms with E-state index >= 15 is 0 Å². The first-order valence-electron chi connectivity index (χ1n) is 6.17. The Hall–Kier alpha value is -1.90. The maximum atomic E-state index is 7.73. The summed E-state index contributed by atoms with van der Waals surface area (Å²) in [5, 5.41) is 8.70. The van der Waals surface area contributed by atoms with Crippen molar-refractivity contribution in [3.8, 4) is 0 Å². The minimum absolute atomic E-state index is 0.104. The predicted molar refractivity (Wildman–Crippen MR) is 76.3 cm³/mol. The van der Waals surface area contributed by atoms with E-state index < -0.39 is 0 Å². The van der Waals surface area contributed by atoms with E-state index in [4.69, 9.17) is 16.1 Å². The molecular weight excluding hydrogens is 222 g/mol. The van der Waals surface area contributed by atoms with Crippen molar-refractivity contribution in [3.63, 3.8) is 0 Å². The molecule has 0 bridgehead atoms. The third kappa shape index (κ3) is 1.96. The third-order valence-corrected chi connectivity index (χ3v) is 3.41. The minimum atomic E-state index is 0.104. The van der Waals surface area contributed by atoms with Crippen LogP contribution in [0.15, 0.2) is 18.2 Å². The van der Waals surface area contributed by atoms with Gasteiger partial charge in [-0.15, -0.1) is 0 Å². The summed E-state index contributed by atoms with van der Waals surface area (Å²) in [6, 6.07) is 6.00. The van der Waals surface area contributed by atoms with Crippen molar-refractivity contribution < 1.29 is 0 Å². The second-order valence-corrected chi connectivity index (χ2v) is 5.07. The van der Waals surface area contributed by atoms with Gasteiger partial charge in [0.25, 0.3) is 0 Å². The molecule has 0 aliphatic rings. The maximum Gasteiger partial charge on any atom is 0.123 e. The van der Waals surface area contributed by atoms with Crippen molar-refractivity contribution in [3.05, 3.63) is 40.6 Å². The van der Waals surface area contributed by atoms with Gasteiger partial charge in [-0.05, 0) is 37.0 Å². The van der Waals surface area contributed by atoms with Crippen LogP contribution in [0.1, 0.15) is 42.1 Å². The monoisotopic (exact) mass is 241 g/mol. The molecule has 0 unspecified atom stereocenters. The highest BCUT2D eigenvalue weighted by molar-refractivity contribution is 6.07. The molecule has 0 aliphatic carbocycles. The van der Waals surface area contributed by atoms with Crippen molar-refractivity contribution in [2.45, 2.75) is 33.6 Å². The lowest BCUT2D eigenvalue weighted by Gasteiger charge is -2.13. The number of rotatable bonds is 2. The molecular formula is C15H19N3. The smallest absolute Gasteiger partial charge is 0.123 e. The van der Waals surface area contributed by atoms with Gasteiger partial charge < -0.3 is 5.73 Å². The normalized spacial score (nSPS) is 11.2. The van der Waals surface area contributed by atoms with Crippen LogP contribution in [-0.4, -0.2) is 10.8 Å². The van der Waals surface area contributed by atoms with Gasteiger partial charge >= 0.3 is 0 Å². The Morgan fingerprint density at radius 2 is 1.94 bits per heavy atom. The van der Waals surface area contributed by atoms with E-state index in [0.29, 0.717) is 5.92 Å². The zero-order valence-corrected chi connectivity index (χ0v) is 11.3. The molecule has 0 fully saturated rings. The minimum Gasteiger partial charge on any atom is -0.384 e. The van der Waals surface area contributed by atoms with Gasteiger partial charge in [0.15, 0.2) is 0 Å². The van der Waals surface area contributed by atoms with E-state index in [2.05, 4.69) is 33.8 Å². The lowest BCUT2D eigenvalue weighted by atomic mass is 9.98. The number of nitrogen functional groups attached to an aromatic ring is 1. The summed E-state index contributed by atoms with van der Waals surface area (Å²) in [5.41, 5.74) is 10.8. The molecule has 0 saturated heterocycles. The van der Waals surface area contributed by atoms with E-state index in [1.807, 2.05) is 12.1 Å². The number of nitrogens with two attached hydrogens (primary N) is 1. The molecule has 0 saturated carbocycles. The summed E-state index contributed by atoms with van der Waals surface area (Å²) in [7, 11) is 0. The summed E-state index contributed by atoms with van der Waals surface area (Å²) in [6.45, 7) is 8.34. The molecule has 3 N–H and O–H groups in total. The molecule has 18 heavy (non-hydrogen) atoms. The van der Waals surface area contributed by atoms with Crippen LogP contribution in [0.2, 0.25) is 0 Å². The predicted octanol–water partition coefficient (Wildman–Crippen LogP) is 3.26. The van der Waals surface area contributed by atoms with E-state index in [9.17, 15) is 0 Å². The van der Waals surface area contributed by atoms with Gasteiger partial charge in [-0.2, -0.15) is 0 Å². The largest absolute Gasteiger partial charge is 0.384 e. The SMILES string of the molecule is Cc1ccc2c(C(=N)N)cc(C(C)C)nc2c1C. The molecule has 0 aliphatic heterocycles. The zero-order valence-electron chi connectivity index (χ0n) is 11.3. The Morgan fingerprint density at radius 1 is 1.28 bits per heavy atom. The van der Waals surface area contributed by atoms with Crippen LogP contribution in [0.5, 0.6) is 0 Å². The van der Waals surface area contributed by atoms with Crippen LogP contribution >= 0.6 is 0 Å². The number of aryl methyl sites for hydroxylation is 2. The Kier molecular flexibility index (Phi) is 3.07. The molecule has 0 radical (unpaired) electrons. The Labute approximate surface area is 108 Å². The van der Waals surface area contributed by atoms with Crippen molar-refractivity contribution >= 4 is 16.7 Å². The van der Waals surface area contributed by atoms with Crippen molar-refractivity contribution in [2.75, 3.05) is 0 Å². The van der Waals surface area contributed by atoms with Crippen molar-refractivity contribution in [1.82, 2.24) is 4.98 Å². The van der Waals surface area contributed by atoms with Gasteiger partial charge in [0, 0.05) is 16.6 Å². The number of hydrogen-bond acceptors (Lipinski definition) is 2. The highest BCUT2D eigenvalue weighted by Gasteiger charge is 2.12. The van der Waals surface area contributed by atoms with Gasteiger partial charge in [-0.1, -0.05) is 26.0 Å². The van der Waals surface area contributed by atoms with Crippen LogP contribution in [0.3, 0.4) is 0 Å². The van der Waals surface area contributed by atoms with E-state index in [1.54, 1.807) is 0 Å². The fraction of sp³-hybridized carbons (Fsp3) is 0.333. The highest BCUT2D eigenvalue weighted by atomic mass is 14.7. The second-order valence-electron chi connectivity index (χ2n) is 5.07. The number of nitrogens with one attached hydrogen (secondary N) is 1. The number of pyridine rings is 1. The summed E-state index contributed by atoms with van der Waals surface area (Å²) in [6.07, 6.45) is 0. The van der Waals surface area contributed by atoms with Gasteiger partial charge in [0.2, 0.25) is 0 Å². The molecule has 0 spiro atoms. The van der Waals surface area contributed by atoms with E-state index in [0.717, 1.165) is 27.7 Å². The molecule has 3 nitrogen and oxygen atoms in total. The number of benzene rings is 1. The van der Waals surface area contributed by atoms with E-state index in [-0.39, 0.29) is 5.84 Å². The first-order valence-corrected chi connectivity index (χ1v) is 6.17. The van der Waals surface area contributed by atoms with Crippen LogP contribution in [0, 0.1) is 19.3 Å². The summed E-state index contributed by atoms with van der Waals surface area (Å²) in [5.74, 6) is 0.431. The van der Waals surface area contributed by atoms with Crippen LogP contribution in [0.25, 0.3) is 10.9 Å². The molecule has 94 valence electrons. The fourth-order valence-electron chi connectivity index (χ4n) is 2.07. The van der Waals surface area contributed by atoms with Gasteiger partial charge in [0.1, 0.15) is 5.84 Å². The van der Waals surface area contributed by atoms with Gasteiger partial charge in [-0.25, -0.2) is 0 Å². The quantitative estimate of drug-likeness (QED) is 0.626. The molecule has 2 aromatic rings. The van der Waals surface area contributed by atoms with Gasteiger partial charge in [-0.3, -0.25) is 10.4 Å². The molecule has 0 amide bonds. The first kappa shape index (κ1) is 12.6. The topological polar surface area (TPSA) is 62.8 Å². The average Bonchev–Trinajstić information content (AvgIpc) is 2.32. The number of nitrogens with zero attached hydrogens (tertiary/aromatic N) is 1. The lowest BCUT2D eigenvalue weighted by Crippen LogP contribution is -2.13. The number of amidine groups is 1. The summed E-state index contributed by atoms with van der Waals surface area (Å²) in [4.78, 5) is 4.73. The first-order chi connectivity index (χ1) is 8.41. The fourth-order valence-corrected chi connectivity index (χ4v) is 2.07. The second kappa shape index (κ2) is 4.41. The number of hydrogen-bond donors (Lipinski definition) is 2. The average molecular weight is 241 g/mol. The Morgan fingerprint density at radius 3 is 2.50 bits per heavy atom. The lowest BCUT2D eigenvalue weighted by molar-refractivity contribution is 0.829. The number of aromatic nitrogens is 1. The number of fused-ring (bicyclic) bond motifs is 1.